The first-order chi connectivity index (χ1) is 13.8. The van der Waals surface area contributed by atoms with Gasteiger partial charge in [0.15, 0.2) is 0 Å². The Bertz CT molecular complexity index is 1160. The highest BCUT2D eigenvalue weighted by atomic mass is 79.9. The van der Waals surface area contributed by atoms with Crippen molar-refractivity contribution < 1.29 is 0 Å². The molecule has 4 rings (SSSR count). The highest BCUT2D eigenvalue weighted by Gasteiger charge is 2.00. The van der Waals surface area contributed by atoms with Crippen molar-refractivity contribution in [3.63, 3.8) is 0 Å². The van der Waals surface area contributed by atoms with E-state index in [9.17, 15) is 0 Å². The quantitative estimate of drug-likeness (QED) is 0.490. The first-order valence-corrected chi connectivity index (χ1v) is 9.62. The molecule has 0 saturated heterocycles. The summed E-state index contributed by atoms with van der Waals surface area (Å²) in [5.74, 6) is 13.0. The monoisotopic (exact) mass is 422 g/mol. The summed E-state index contributed by atoms with van der Waals surface area (Å²) < 4.78 is 0.963. The Kier molecular flexibility index (Phi) is 5.48. The molecule has 3 heteroatoms. The second-order valence-corrected chi connectivity index (χ2v) is 7.11. The number of halogens is 1. The average Bonchev–Trinajstić information content (AvgIpc) is 3.25. The smallest absolute Gasteiger partial charge is 0.0887 e. The van der Waals surface area contributed by atoms with E-state index >= 15 is 0 Å². The summed E-state index contributed by atoms with van der Waals surface area (Å²) >= 11 is 3.55. The lowest BCUT2D eigenvalue weighted by atomic mass is 10.1. The SMILES string of the molecule is Brc1cc(C#Cc2ccc(-c3ccccn3)nc2)cc(C#CC2C=CC=C2)c1. The topological polar surface area (TPSA) is 25.8 Å². The molecule has 2 nitrogen and oxygen atoms in total. The molecule has 0 radical (unpaired) electrons. The van der Waals surface area contributed by atoms with E-state index in [4.69, 9.17) is 0 Å². The van der Waals surface area contributed by atoms with E-state index in [0.29, 0.717) is 0 Å². The predicted octanol–water partition coefficient (Wildman–Crippen LogP) is 5.40. The maximum Gasteiger partial charge on any atom is 0.0887 e. The van der Waals surface area contributed by atoms with Gasteiger partial charge >= 0.3 is 0 Å². The van der Waals surface area contributed by atoms with Crippen LogP contribution in [-0.4, -0.2) is 9.97 Å². The first kappa shape index (κ1) is 18.0. The maximum atomic E-state index is 4.46. The molecule has 0 saturated carbocycles. The average molecular weight is 423 g/mol. The number of benzene rings is 1. The van der Waals surface area contributed by atoms with Crippen molar-refractivity contribution in [2.45, 2.75) is 0 Å². The zero-order valence-electron chi connectivity index (χ0n) is 14.9. The van der Waals surface area contributed by atoms with E-state index in [0.717, 1.165) is 32.6 Å². The lowest BCUT2D eigenvalue weighted by molar-refractivity contribution is 1.15. The summed E-state index contributed by atoms with van der Waals surface area (Å²) in [6.45, 7) is 0. The van der Waals surface area contributed by atoms with Crippen LogP contribution < -0.4 is 0 Å². The number of allylic oxidation sites excluding steroid dienone is 4. The molecule has 3 aromatic rings. The molecule has 0 bridgehead atoms. The lowest BCUT2D eigenvalue weighted by Crippen LogP contribution is -1.87. The van der Waals surface area contributed by atoms with Crippen molar-refractivity contribution in [2.75, 3.05) is 0 Å². The van der Waals surface area contributed by atoms with Crippen molar-refractivity contribution in [3.05, 3.63) is 106 Å². The van der Waals surface area contributed by atoms with Gasteiger partial charge in [0.2, 0.25) is 0 Å². The molecular formula is C25H15BrN2. The van der Waals surface area contributed by atoms with Crippen molar-refractivity contribution in [2.24, 2.45) is 5.92 Å². The van der Waals surface area contributed by atoms with Crippen LogP contribution in [0.4, 0.5) is 0 Å². The van der Waals surface area contributed by atoms with Gasteiger partial charge in [0.25, 0.3) is 0 Å². The third-order valence-corrected chi connectivity index (χ3v) is 4.53. The van der Waals surface area contributed by atoms with Crippen LogP contribution in [-0.2, 0) is 0 Å². The fourth-order valence-electron chi connectivity index (χ4n) is 2.71. The zero-order valence-corrected chi connectivity index (χ0v) is 16.5. The van der Waals surface area contributed by atoms with Crippen molar-refractivity contribution in [1.82, 2.24) is 9.97 Å². The molecule has 0 unspecified atom stereocenters. The third-order valence-electron chi connectivity index (χ3n) is 4.07. The maximum absolute atomic E-state index is 4.46. The van der Waals surface area contributed by atoms with Crippen LogP contribution in [0, 0.1) is 29.6 Å². The summed E-state index contributed by atoms with van der Waals surface area (Å²) in [6.07, 6.45) is 11.7. The number of aromatic nitrogens is 2. The van der Waals surface area contributed by atoms with E-state index in [1.165, 1.54) is 0 Å². The molecule has 28 heavy (non-hydrogen) atoms. The van der Waals surface area contributed by atoms with E-state index in [1.54, 1.807) is 12.4 Å². The molecule has 0 aliphatic heterocycles. The molecule has 0 fully saturated rings. The summed E-state index contributed by atoms with van der Waals surface area (Å²) in [4.78, 5) is 8.77. The van der Waals surface area contributed by atoms with Gasteiger partial charge < -0.3 is 0 Å². The van der Waals surface area contributed by atoms with E-state index < -0.39 is 0 Å². The summed E-state index contributed by atoms with van der Waals surface area (Å²) in [5.41, 5.74) is 4.39. The van der Waals surface area contributed by atoms with Crippen LogP contribution in [0.5, 0.6) is 0 Å². The molecule has 132 valence electrons. The molecule has 0 N–H and O–H groups in total. The molecule has 0 amide bonds. The second kappa shape index (κ2) is 8.53. The van der Waals surface area contributed by atoms with Crippen LogP contribution in [0.2, 0.25) is 0 Å². The van der Waals surface area contributed by atoms with Crippen LogP contribution in [0.3, 0.4) is 0 Å². The number of pyridine rings is 2. The molecule has 1 aliphatic carbocycles. The summed E-state index contributed by atoms with van der Waals surface area (Å²) in [7, 11) is 0. The van der Waals surface area contributed by atoms with Gasteiger partial charge in [-0.2, -0.15) is 0 Å². The third kappa shape index (κ3) is 4.65. The minimum absolute atomic E-state index is 0.192. The lowest BCUT2D eigenvalue weighted by Gasteiger charge is -1.99. The van der Waals surface area contributed by atoms with Crippen molar-refractivity contribution >= 4 is 15.9 Å². The number of hydrogen-bond donors (Lipinski definition) is 0. The largest absolute Gasteiger partial charge is 0.255 e. The standard InChI is InChI=1S/C25H15BrN2/c26-23-16-21(10-8-19-5-1-2-6-19)15-22(17-23)11-9-20-12-13-25(28-18-20)24-7-3-4-14-27-24/h1-7,12-19H. The molecule has 1 aromatic carbocycles. The van der Waals surface area contributed by atoms with Gasteiger partial charge in [0, 0.05) is 33.6 Å². The van der Waals surface area contributed by atoms with Gasteiger partial charge in [-0.25, -0.2) is 0 Å². The van der Waals surface area contributed by atoms with Crippen LogP contribution in [0.1, 0.15) is 16.7 Å². The Morgan fingerprint density at radius 1 is 0.750 bits per heavy atom. The summed E-state index contributed by atoms with van der Waals surface area (Å²) in [6, 6.07) is 15.7. The summed E-state index contributed by atoms with van der Waals surface area (Å²) in [5, 5.41) is 0. The fourth-order valence-corrected chi connectivity index (χ4v) is 3.20. The van der Waals surface area contributed by atoms with Gasteiger partial charge in [-0.05, 0) is 42.5 Å². The number of hydrogen-bond acceptors (Lipinski definition) is 2. The fraction of sp³-hybridized carbons (Fsp3) is 0.0400. The highest BCUT2D eigenvalue weighted by molar-refractivity contribution is 9.10. The second-order valence-electron chi connectivity index (χ2n) is 6.19. The number of rotatable bonds is 1. The highest BCUT2D eigenvalue weighted by Crippen LogP contribution is 2.16. The normalized spacial score (nSPS) is 12.2. The minimum atomic E-state index is 0.192. The van der Waals surface area contributed by atoms with Gasteiger partial charge in [0.05, 0.1) is 17.3 Å². The van der Waals surface area contributed by atoms with Gasteiger partial charge in [-0.15, -0.1) is 0 Å². The Balaban J connectivity index is 1.54. The molecular weight excluding hydrogens is 408 g/mol. The number of nitrogens with zero attached hydrogens (tertiary/aromatic N) is 2. The van der Waals surface area contributed by atoms with Crippen LogP contribution in [0.25, 0.3) is 11.4 Å². The van der Waals surface area contributed by atoms with Crippen LogP contribution in [0.15, 0.2) is 89.7 Å². The predicted molar refractivity (Wildman–Crippen MR) is 116 cm³/mol. The van der Waals surface area contributed by atoms with Gasteiger partial charge in [-0.3, -0.25) is 9.97 Å². The first-order valence-electron chi connectivity index (χ1n) is 8.83. The minimum Gasteiger partial charge on any atom is -0.255 e. The molecule has 0 spiro atoms. The van der Waals surface area contributed by atoms with Crippen LogP contribution >= 0.6 is 15.9 Å². The molecule has 2 heterocycles. The molecule has 0 atom stereocenters. The van der Waals surface area contributed by atoms with E-state index in [1.807, 2.05) is 60.7 Å². The van der Waals surface area contributed by atoms with Crippen molar-refractivity contribution in [1.29, 1.82) is 0 Å². The Labute approximate surface area is 173 Å². The molecule has 2 aromatic heterocycles. The van der Waals surface area contributed by atoms with Gasteiger partial charge in [-0.1, -0.05) is 70.0 Å². The Hall–Kier alpha value is -3.40. The zero-order chi connectivity index (χ0) is 19.2. The van der Waals surface area contributed by atoms with E-state index in [-0.39, 0.29) is 5.92 Å². The van der Waals surface area contributed by atoms with E-state index in [2.05, 4.69) is 61.7 Å². The van der Waals surface area contributed by atoms with Gasteiger partial charge in [0.1, 0.15) is 0 Å². The Morgan fingerprint density at radius 2 is 1.50 bits per heavy atom. The van der Waals surface area contributed by atoms with Crippen molar-refractivity contribution in [3.8, 4) is 35.1 Å². The molecule has 1 aliphatic rings. The Morgan fingerprint density at radius 3 is 2.21 bits per heavy atom.